The number of alkyl halides is 2. The van der Waals surface area contributed by atoms with E-state index in [0.29, 0.717) is 61.7 Å². The maximum Gasteiger partial charge on any atom is 0.260 e. The lowest BCUT2D eigenvalue weighted by Gasteiger charge is -2.32. The summed E-state index contributed by atoms with van der Waals surface area (Å²) in [5.74, 6) is -0.134. The third kappa shape index (κ3) is 5.65. The van der Waals surface area contributed by atoms with Crippen LogP contribution >= 0.6 is 0 Å². The quantitative estimate of drug-likeness (QED) is 0.369. The predicted molar refractivity (Wildman–Crippen MR) is 125 cm³/mol. The van der Waals surface area contributed by atoms with E-state index in [9.17, 15) is 8.78 Å². The Bertz CT molecular complexity index is 1260. The average Bonchev–Trinajstić information content (AvgIpc) is 3.50. The van der Waals surface area contributed by atoms with Crippen LogP contribution in [0, 0.1) is 0 Å². The van der Waals surface area contributed by atoms with Crippen molar-refractivity contribution >= 4 is 17.7 Å². The summed E-state index contributed by atoms with van der Waals surface area (Å²) in [6.07, 6.45) is 2.76. The molecule has 0 saturated carbocycles. The lowest BCUT2D eigenvalue weighted by molar-refractivity contribution is -0.0656. The zero-order valence-electron chi connectivity index (χ0n) is 19.0. The summed E-state index contributed by atoms with van der Waals surface area (Å²) >= 11 is 0. The highest BCUT2D eigenvalue weighted by atomic mass is 19.3. The molecule has 1 saturated heterocycles. The third-order valence-electron chi connectivity index (χ3n) is 5.74. The van der Waals surface area contributed by atoms with Crippen LogP contribution in [0.4, 0.5) is 20.7 Å². The molecule has 0 amide bonds. The summed E-state index contributed by atoms with van der Waals surface area (Å²) in [5, 5.41) is 7.43. The standard InChI is InChI=1S/C23H26F2N8O2/c24-23(25)9-2-11-32(15-23)12-14-34-17-6-4-16(5-7-17)8-10-27-21-29-20(26)33-22(30-21)28-19(31-33)18-3-1-13-35-18/h1,3-7,13H,2,8-12,14-15H2,(H3,26,27,28,29,30,31). The second kappa shape index (κ2) is 9.82. The Hall–Kier alpha value is -3.80. The van der Waals surface area contributed by atoms with Gasteiger partial charge in [0.1, 0.15) is 12.4 Å². The highest BCUT2D eigenvalue weighted by Crippen LogP contribution is 2.26. The molecule has 10 nitrogen and oxygen atoms in total. The molecule has 0 bridgehead atoms. The molecule has 1 aliphatic rings. The van der Waals surface area contributed by atoms with E-state index < -0.39 is 5.92 Å². The first-order valence-electron chi connectivity index (χ1n) is 11.5. The maximum atomic E-state index is 13.5. The van der Waals surface area contributed by atoms with Crippen LogP contribution < -0.4 is 15.8 Å². The van der Waals surface area contributed by atoms with Crippen LogP contribution in [0.5, 0.6) is 5.75 Å². The van der Waals surface area contributed by atoms with Gasteiger partial charge in [-0.15, -0.1) is 5.10 Å². The van der Waals surface area contributed by atoms with Crippen LogP contribution in [-0.4, -0.2) is 68.2 Å². The van der Waals surface area contributed by atoms with Crippen molar-refractivity contribution < 1.29 is 17.9 Å². The van der Waals surface area contributed by atoms with Crippen molar-refractivity contribution in [1.82, 2.24) is 29.5 Å². The van der Waals surface area contributed by atoms with Crippen LogP contribution in [0.3, 0.4) is 0 Å². The number of anilines is 2. The summed E-state index contributed by atoms with van der Waals surface area (Å²) in [4.78, 5) is 14.7. The first kappa shape index (κ1) is 23.0. The van der Waals surface area contributed by atoms with Gasteiger partial charge in [-0.2, -0.15) is 19.5 Å². The predicted octanol–water partition coefficient (Wildman–Crippen LogP) is 3.13. The Morgan fingerprint density at radius 1 is 1.14 bits per heavy atom. The Balaban J connectivity index is 1.10. The first-order chi connectivity index (χ1) is 16.9. The first-order valence-corrected chi connectivity index (χ1v) is 11.5. The van der Waals surface area contributed by atoms with Crippen molar-refractivity contribution in [2.24, 2.45) is 0 Å². The van der Waals surface area contributed by atoms with Crippen molar-refractivity contribution in [1.29, 1.82) is 0 Å². The summed E-state index contributed by atoms with van der Waals surface area (Å²) < 4.78 is 39.4. The van der Waals surface area contributed by atoms with E-state index in [2.05, 4.69) is 25.4 Å². The number of hydrogen-bond donors (Lipinski definition) is 2. The lowest BCUT2D eigenvalue weighted by atomic mass is 10.1. The normalized spacial score (nSPS) is 15.9. The van der Waals surface area contributed by atoms with E-state index in [1.54, 1.807) is 23.3 Å². The molecule has 1 fully saturated rings. The molecule has 1 aliphatic heterocycles. The van der Waals surface area contributed by atoms with Gasteiger partial charge in [-0.1, -0.05) is 12.1 Å². The number of piperidine rings is 1. The number of nitrogens with one attached hydrogen (secondary N) is 1. The number of nitrogens with two attached hydrogens (primary N) is 1. The van der Waals surface area contributed by atoms with Gasteiger partial charge in [0.25, 0.3) is 11.7 Å². The zero-order chi connectivity index (χ0) is 24.3. The summed E-state index contributed by atoms with van der Waals surface area (Å²) in [7, 11) is 0. The van der Waals surface area contributed by atoms with Crippen LogP contribution in [0.15, 0.2) is 47.1 Å². The zero-order valence-corrected chi connectivity index (χ0v) is 19.0. The highest BCUT2D eigenvalue weighted by molar-refractivity contribution is 5.52. The number of halogens is 2. The van der Waals surface area contributed by atoms with Crippen molar-refractivity contribution in [2.45, 2.75) is 25.2 Å². The number of hydrogen-bond acceptors (Lipinski definition) is 9. The molecular weight excluding hydrogens is 458 g/mol. The molecule has 35 heavy (non-hydrogen) atoms. The van der Waals surface area contributed by atoms with E-state index in [1.807, 2.05) is 24.3 Å². The number of rotatable bonds is 9. The molecule has 1 aromatic carbocycles. The molecule has 0 radical (unpaired) electrons. The van der Waals surface area contributed by atoms with Gasteiger partial charge in [-0.25, -0.2) is 8.78 Å². The SMILES string of the molecule is Nc1nc(NCCc2ccc(OCCN3CCCC(F)(F)C3)cc2)nc2nc(-c3ccco3)nn12. The molecule has 12 heteroatoms. The van der Waals surface area contributed by atoms with E-state index in [0.717, 1.165) is 12.0 Å². The molecule has 4 aromatic rings. The molecule has 184 valence electrons. The number of nitrogen functional groups attached to an aromatic ring is 1. The largest absolute Gasteiger partial charge is 0.492 e. The maximum absolute atomic E-state index is 13.5. The van der Waals surface area contributed by atoms with Crippen molar-refractivity contribution in [3.63, 3.8) is 0 Å². The van der Waals surface area contributed by atoms with Crippen LogP contribution in [0.25, 0.3) is 17.4 Å². The molecule has 0 aliphatic carbocycles. The fraction of sp³-hybridized carbons (Fsp3) is 0.391. The summed E-state index contributed by atoms with van der Waals surface area (Å²) in [6.45, 7) is 1.95. The molecular formula is C23H26F2N8O2. The lowest BCUT2D eigenvalue weighted by Crippen LogP contribution is -2.44. The highest BCUT2D eigenvalue weighted by Gasteiger charge is 2.34. The number of ether oxygens (including phenoxy) is 1. The van der Waals surface area contributed by atoms with E-state index in [1.165, 1.54) is 4.52 Å². The fourth-order valence-corrected chi connectivity index (χ4v) is 4.00. The van der Waals surface area contributed by atoms with Crippen LogP contribution in [-0.2, 0) is 6.42 Å². The van der Waals surface area contributed by atoms with Gasteiger partial charge in [-0.3, -0.25) is 4.90 Å². The molecule has 0 spiro atoms. The number of furan rings is 1. The molecule has 3 N–H and O–H groups in total. The monoisotopic (exact) mass is 484 g/mol. The van der Waals surface area contributed by atoms with Crippen molar-refractivity contribution in [2.75, 3.05) is 43.8 Å². The van der Waals surface area contributed by atoms with E-state index in [4.69, 9.17) is 14.9 Å². The summed E-state index contributed by atoms with van der Waals surface area (Å²) in [5.41, 5.74) is 7.10. The minimum Gasteiger partial charge on any atom is -0.492 e. The number of aromatic nitrogens is 5. The number of nitrogens with zero attached hydrogens (tertiary/aromatic N) is 6. The Morgan fingerprint density at radius 2 is 2.00 bits per heavy atom. The van der Waals surface area contributed by atoms with Crippen molar-refractivity contribution in [3.05, 3.63) is 48.2 Å². The van der Waals surface area contributed by atoms with Gasteiger partial charge in [0, 0.05) is 19.5 Å². The van der Waals surface area contributed by atoms with Gasteiger partial charge in [-0.05, 0) is 49.2 Å². The second-order valence-corrected chi connectivity index (χ2v) is 8.43. The smallest absolute Gasteiger partial charge is 0.260 e. The average molecular weight is 485 g/mol. The molecule has 0 unspecified atom stereocenters. The molecule has 4 heterocycles. The van der Waals surface area contributed by atoms with Gasteiger partial charge >= 0.3 is 0 Å². The Morgan fingerprint density at radius 3 is 2.77 bits per heavy atom. The van der Waals surface area contributed by atoms with E-state index >= 15 is 0 Å². The van der Waals surface area contributed by atoms with Gasteiger partial charge in [0.15, 0.2) is 5.76 Å². The minimum absolute atomic E-state index is 0.0257. The molecule has 0 atom stereocenters. The summed E-state index contributed by atoms with van der Waals surface area (Å²) in [6, 6.07) is 11.2. The molecule has 5 rings (SSSR count). The minimum atomic E-state index is -2.59. The Kier molecular flexibility index (Phi) is 6.45. The van der Waals surface area contributed by atoms with Crippen LogP contribution in [0.2, 0.25) is 0 Å². The Labute approximate surface area is 200 Å². The van der Waals surface area contributed by atoms with Gasteiger partial charge in [0.2, 0.25) is 17.7 Å². The third-order valence-corrected chi connectivity index (χ3v) is 5.74. The number of benzene rings is 1. The molecule has 3 aromatic heterocycles. The van der Waals surface area contributed by atoms with Gasteiger partial charge < -0.3 is 20.2 Å². The van der Waals surface area contributed by atoms with E-state index in [-0.39, 0.29) is 18.9 Å². The van der Waals surface area contributed by atoms with Gasteiger partial charge in [0.05, 0.1) is 12.8 Å². The number of fused-ring (bicyclic) bond motifs is 1. The van der Waals surface area contributed by atoms with Crippen LogP contribution in [0.1, 0.15) is 18.4 Å². The fourth-order valence-electron chi connectivity index (χ4n) is 4.00. The topological polar surface area (TPSA) is 120 Å². The number of likely N-dealkylation sites (tertiary alicyclic amines) is 1. The van der Waals surface area contributed by atoms with Crippen molar-refractivity contribution in [3.8, 4) is 17.3 Å². The second-order valence-electron chi connectivity index (χ2n) is 8.43.